The molecule has 1 saturated heterocycles. The first-order chi connectivity index (χ1) is 10.3. The second-order valence-electron chi connectivity index (χ2n) is 6.39. The number of hydrogen-bond acceptors (Lipinski definition) is 5. The van der Waals surface area contributed by atoms with Crippen molar-refractivity contribution in [1.82, 2.24) is 14.9 Å². The zero-order valence-corrected chi connectivity index (χ0v) is 13.1. The Hall–Kier alpha value is -2.18. The van der Waals surface area contributed by atoms with E-state index in [1.807, 2.05) is 20.8 Å². The molecule has 0 aliphatic carbocycles. The molecular formula is C15H21N3O4. The second kappa shape index (κ2) is 6.29. The van der Waals surface area contributed by atoms with Gasteiger partial charge in [-0.1, -0.05) is 0 Å². The maximum Gasteiger partial charge on any atom is 0.410 e. The van der Waals surface area contributed by atoms with Gasteiger partial charge in [-0.05, 0) is 45.1 Å². The van der Waals surface area contributed by atoms with Crippen molar-refractivity contribution in [2.24, 2.45) is 0 Å². The Morgan fingerprint density at radius 3 is 2.23 bits per heavy atom. The van der Waals surface area contributed by atoms with E-state index in [4.69, 9.17) is 9.84 Å². The lowest BCUT2D eigenvalue weighted by atomic mass is 9.91. The van der Waals surface area contributed by atoms with Gasteiger partial charge in [0.1, 0.15) is 5.60 Å². The summed E-state index contributed by atoms with van der Waals surface area (Å²) in [5, 5.41) is 8.79. The molecule has 7 nitrogen and oxygen atoms in total. The highest BCUT2D eigenvalue weighted by Crippen LogP contribution is 2.27. The number of rotatable bonds is 2. The number of carbonyl (C=O) groups is 2. The van der Waals surface area contributed by atoms with Crippen LogP contribution in [0.1, 0.15) is 55.7 Å². The monoisotopic (exact) mass is 307 g/mol. The highest BCUT2D eigenvalue weighted by Gasteiger charge is 2.27. The highest BCUT2D eigenvalue weighted by atomic mass is 16.6. The third kappa shape index (κ3) is 4.16. The Morgan fingerprint density at radius 2 is 1.77 bits per heavy atom. The van der Waals surface area contributed by atoms with Crippen LogP contribution in [0.15, 0.2) is 12.4 Å². The molecule has 1 aliphatic heterocycles. The Bertz CT molecular complexity index is 543. The average molecular weight is 307 g/mol. The molecule has 0 saturated carbocycles. The fourth-order valence-electron chi connectivity index (χ4n) is 2.38. The number of carbonyl (C=O) groups excluding carboxylic acids is 1. The van der Waals surface area contributed by atoms with Crippen molar-refractivity contribution in [3.05, 3.63) is 23.8 Å². The van der Waals surface area contributed by atoms with Gasteiger partial charge in [0.05, 0.1) is 0 Å². The maximum atomic E-state index is 12.0. The number of likely N-dealkylation sites (tertiary alicyclic amines) is 1. The van der Waals surface area contributed by atoms with Crippen molar-refractivity contribution in [2.75, 3.05) is 13.1 Å². The molecule has 1 aromatic heterocycles. The zero-order chi connectivity index (χ0) is 16.3. The Kier molecular flexibility index (Phi) is 4.63. The van der Waals surface area contributed by atoms with E-state index in [0.29, 0.717) is 13.1 Å². The van der Waals surface area contributed by atoms with Crippen molar-refractivity contribution in [3.63, 3.8) is 0 Å². The van der Waals surface area contributed by atoms with Gasteiger partial charge in [0.25, 0.3) is 0 Å². The molecule has 120 valence electrons. The van der Waals surface area contributed by atoms with Crippen molar-refractivity contribution in [2.45, 2.75) is 45.1 Å². The van der Waals surface area contributed by atoms with Crippen LogP contribution in [0.2, 0.25) is 0 Å². The first-order valence-corrected chi connectivity index (χ1v) is 7.29. The summed E-state index contributed by atoms with van der Waals surface area (Å²) < 4.78 is 5.36. The van der Waals surface area contributed by atoms with Crippen LogP contribution in [-0.2, 0) is 4.74 Å². The molecule has 0 radical (unpaired) electrons. The smallest absolute Gasteiger partial charge is 0.410 e. The summed E-state index contributed by atoms with van der Waals surface area (Å²) in [5.41, 5.74) is 0.419. The number of carboxylic acids is 1. The summed E-state index contributed by atoms with van der Waals surface area (Å²) in [5.74, 6) is -1.09. The van der Waals surface area contributed by atoms with Gasteiger partial charge in [0.2, 0.25) is 5.82 Å². The minimum atomic E-state index is -1.13. The summed E-state index contributed by atoms with van der Waals surface area (Å²) >= 11 is 0. The lowest BCUT2D eigenvalue weighted by molar-refractivity contribution is 0.0204. The van der Waals surface area contributed by atoms with Crippen LogP contribution >= 0.6 is 0 Å². The molecule has 2 rings (SSSR count). The van der Waals surface area contributed by atoms with Crippen LogP contribution in [0.25, 0.3) is 0 Å². The fourth-order valence-corrected chi connectivity index (χ4v) is 2.38. The summed E-state index contributed by atoms with van der Waals surface area (Å²) in [6, 6.07) is 0. The lowest BCUT2D eigenvalue weighted by Gasteiger charge is -2.33. The number of aromatic nitrogens is 2. The van der Waals surface area contributed by atoms with Crippen molar-refractivity contribution < 1.29 is 19.4 Å². The number of carboxylic acid groups (broad SMARTS) is 1. The number of aromatic carboxylic acids is 1. The number of ether oxygens (including phenoxy) is 1. The third-order valence-electron chi connectivity index (χ3n) is 3.48. The van der Waals surface area contributed by atoms with Gasteiger partial charge in [-0.2, -0.15) is 0 Å². The van der Waals surface area contributed by atoms with Crippen LogP contribution in [0.4, 0.5) is 4.79 Å². The molecule has 0 unspecified atom stereocenters. The Morgan fingerprint density at radius 1 is 1.23 bits per heavy atom. The normalized spacial score (nSPS) is 16.4. The molecule has 22 heavy (non-hydrogen) atoms. The molecule has 7 heteroatoms. The second-order valence-corrected chi connectivity index (χ2v) is 6.39. The van der Waals surface area contributed by atoms with Gasteiger partial charge < -0.3 is 14.7 Å². The molecule has 1 N–H and O–H groups in total. The van der Waals surface area contributed by atoms with Gasteiger partial charge in [0, 0.05) is 25.5 Å². The zero-order valence-electron chi connectivity index (χ0n) is 13.1. The largest absolute Gasteiger partial charge is 0.475 e. The predicted octanol–water partition coefficient (Wildman–Crippen LogP) is 2.29. The highest BCUT2D eigenvalue weighted by molar-refractivity contribution is 5.82. The third-order valence-corrected chi connectivity index (χ3v) is 3.48. The first kappa shape index (κ1) is 16.2. The molecule has 0 atom stereocenters. The Labute approximate surface area is 129 Å². The summed E-state index contributed by atoms with van der Waals surface area (Å²) in [7, 11) is 0. The first-order valence-electron chi connectivity index (χ1n) is 7.29. The van der Waals surface area contributed by atoms with Crippen molar-refractivity contribution in [3.8, 4) is 0 Å². The summed E-state index contributed by atoms with van der Waals surface area (Å²) in [4.78, 5) is 32.1. The minimum Gasteiger partial charge on any atom is -0.475 e. The molecule has 1 amide bonds. The average Bonchev–Trinajstić information content (AvgIpc) is 2.46. The number of amides is 1. The van der Waals surface area contributed by atoms with E-state index in [9.17, 15) is 9.59 Å². The summed E-state index contributed by atoms with van der Waals surface area (Å²) in [6.45, 7) is 6.76. The fraction of sp³-hybridized carbons (Fsp3) is 0.600. The van der Waals surface area contributed by atoms with Gasteiger partial charge >= 0.3 is 12.1 Å². The standard InChI is InChI=1S/C15H21N3O4/c1-15(2,3)22-14(21)18-6-4-10(5-7-18)11-8-16-12(13(19)20)17-9-11/h8-10H,4-7H2,1-3H3,(H,19,20). The molecule has 1 fully saturated rings. The van der Waals surface area contributed by atoms with E-state index in [2.05, 4.69) is 9.97 Å². The lowest BCUT2D eigenvalue weighted by Crippen LogP contribution is -2.41. The van der Waals surface area contributed by atoms with Gasteiger partial charge in [-0.25, -0.2) is 19.6 Å². The van der Waals surface area contributed by atoms with E-state index in [1.54, 1.807) is 17.3 Å². The van der Waals surface area contributed by atoms with Crippen LogP contribution in [-0.4, -0.2) is 50.7 Å². The van der Waals surface area contributed by atoms with Crippen molar-refractivity contribution in [1.29, 1.82) is 0 Å². The maximum absolute atomic E-state index is 12.0. The van der Waals surface area contributed by atoms with E-state index in [1.165, 1.54) is 0 Å². The van der Waals surface area contributed by atoms with Crippen molar-refractivity contribution >= 4 is 12.1 Å². The van der Waals surface area contributed by atoms with Crippen LogP contribution in [0.3, 0.4) is 0 Å². The number of piperidine rings is 1. The molecule has 1 aliphatic rings. The van der Waals surface area contributed by atoms with Gasteiger partial charge in [0.15, 0.2) is 0 Å². The molecule has 0 spiro atoms. The molecular weight excluding hydrogens is 286 g/mol. The SMILES string of the molecule is CC(C)(C)OC(=O)N1CCC(c2cnc(C(=O)O)nc2)CC1. The van der Waals surface area contributed by atoms with E-state index in [0.717, 1.165) is 18.4 Å². The number of nitrogens with zero attached hydrogens (tertiary/aromatic N) is 3. The van der Waals surface area contributed by atoms with Gasteiger partial charge in [-0.15, -0.1) is 0 Å². The molecule has 0 aromatic carbocycles. The number of hydrogen-bond donors (Lipinski definition) is 1. The topological polar surface area (TPSA) is 92.6 Å². The van der Waals surface area contributed by atoms with E-state index >= 15 is 0 Å². The quantitative estimate of drug-likeness (QED) is 0.901. The van der Waals surface area contributed by atoms with Gasteiger partial charge in [-0.3, -0.25) is 0 Å². The Balaban J connectivity index is 1.91. The summed E-state index contributed by atoms with van der Waals surface area (Å²) in [6.07, 6.45) is 4.40. The van der Waals surface area contributed by atoms with Crippen LogP contribution in [0, 0.1) is 0 Å². The molecule has 2 heterocycles. The van der Waals surface area contributed by atoms with Crippen LogP contribution in [0.5, 0.6) is 0 Å². The molecule has 1 aromatic rings. The molecule has 0 bridgehead atoms. The van der Waals surface area contributed by atoms with E-state index in [-0.39, 0.29) is 17.8 Å². The minimum absolute atomic E-state index is 0.199. The van der Waals surface area contributed by atoms with E-state index < -0.39 is 11.6 Å². The predicted molar refractivity (Wildman–Crippen MR) is 78.8 cm³/mol. The van der Waals surface area contributed by atoms with Crippen LogP contribution < -0.4 is 0 Å².